The van der Waals surface area contributed by atoms with Crippen LogP contribution in [-0.2, 0) is 4.79 Å². The first kappa shape index (κ1) is 10.6. The number of hydrogen-bond acceptors (Lipinski definition) is 3. The Labute approximate surface area is 85.7 Å². The summed E-state index contributed by atoms with van der Waals surface area (Å²) in [4.78, 5) is 22.2. The minimum Gasteiger partial charge on any atom is -0.369 e. The fraction of sp³-hybridized carbons (Fsp3) is 0.111. The zero-order valence-corrected chi connectivity index (χ0v) is 8.21. The maximum absolute atomic E-state index is 11.0. The molecule has 4 nitrogen and oxygen atoms in total. The highest BCUT2D eigenvalue weighted by Gasteiger charge is 2.07. The van der Waals surface area contributed by atoms with Crippen molar-refractivity contribution < 1.29 is 9.59 Å². The van der Waals surface area contributed by atoms with Crippen LogP contribution in [0.2, 0.25) is 0 Å². The molecule has 0 aromatic heterocycles. The average molecular weight is 210 g/mol. The molecule has 0 saturated heterocycles. The number of nitrogens with two attached hydrogens (primary N) is 2. The third-order valence-corrected chi connectivity index (χ3v) is 2.62. The Kier molecular flexibility index (Phi) is 3.53. The molecule has 14 heavy (non-hydrogen) atoms. The van der Waals surface area contributed by atoms with Crippen LogP contribution in [0.5, 0.6) is 0 Å². The van der Waals surface area contributed by atoms with E-state index >= 15 is 0 Å². The highest BCUT2D eigenvalue weighted by molar-refractivity contribution is 8.00. The number of amides is 2. The second kappa shape index (κ2) is 4.66. The summed E-state index contributed by atoms with van der Waals surface area (Å²) in [5, 5.41) is 0. The fourth-order valence-electron chi connectivity index (χ4n) is 0.945. The molecule has 0 saturated carbocycles. The fourth-order valence-corrected chi connectivity index (χ4v) is 1.74. The molecule has 0 aliphatic carbocycles. The molecule has 0 unspecified atom stereocenters. The van der Waals surface area contributed by atoms with Crippen molar-refractivity contribution in [2.24, 2.45) is 11.5 Å². The van der Waals surface area contributed by atoms with Crippen molar-refractivity contribution in [1.29, 1.82) is 0 Å². The van der Waals surface area contributed by atoms with Gasteiger partial charge >= 0.3 is 0 Å². The van der Waals surface area contributed by atoms with Crippen LogP contribution in [0.25, 0.3) is 0 Å². The van der Waals surface area contributed by atoms with Crippen molar-refractivity contribution in [3.63, 3.8) is 0 Å². The molecule has 74 valence electrons. The van der Waals surface area contributed by atoms with E-state index in [4.69, 9.17) is 11.5 Å². The van der Waals surface area contributed by atoms with E-state index in [9.17, 15) is 9.59 Å². The average Bonchev–Trinajstić information content (AvgIpc) is 2.15. The summed E-state index contributed by atoms with van der Waals surface area (Å²) < 4.78 is 0. The first-order valence-corrected chi connectivity index (χ1v) is 4.89. The molecule has 1 rings (SSSR count). The molecule has 2 amide bonds. The molecule has 0 atom stereocenters. The van der Waals surface area contributed by atoms with E-state index in [0.29, 0.717) is 10.5 Å². The topological polar surface area (TPSA) is 86.2 Å². The smallest absolute Gasteiger partial charge is 0.249 e. The first-order valence-electron chi connectivity index (χ1n) is 3.91. The van der Waals surface area contributed by atoms with E-state index in [1.54, 1.807) is 24.3 Å². The van der Waals surface area contributed by atoms with Crippen molar-refractivity contribution in [3.8, 4) is 0 Å². The summed E-state index contributed by atoms with van der Waals surface area (Å²) in [6.45, 7) is 0. The number of rotatable bonds is 4. The van der Waals surface area contributed by atoms with Crippen LogP contribution >= 0.6 is 11.8 Å². The standard InChI is InChI=1S/C9H10N2O2S/c10-8(12)5-14-7-4-2-1-3-6(7)9(11)13/h1-4H,5H2,(H2,10,12)(H2,11,13). The highest BCUT2D eigenvalue weighted by Crippen LogP contribution is 2.21. The van der Waals surface area contributed by atoms with E-state index in [1.165, 1.54) is 11.8 Å². The zero-order chi connectivity index (χ0) is 10.6. The van der Waals surface area contributed by atoms with Crippen LogP contribution in [0.3, 0.4) is 0 Å². The molecule has 0 radical (unpaired) electrons. The van der Waals surface area contributed by atoms with Gasteiger partial charge in [0.15, 0.2) is 0 Å². The summed E-state index contributed by atoms with van der Waals surface area (Å²) in [7, 11) is 0. The lowest BCUT2D eigenvalue weighted by atomic mass is 10.2. The summed E-state index contributed by atoms with van der Waals surface area (Å²) >= 11 is 1.21. The first-order chi connectivity index (χ1) is 6.61. The van der Waals surface area contributed by atoms with E-state index < -0.39 is 11.8 Å². The minimum atomic E-state index is -0.502. The monoisotopic (exact) mass is 210 g/mol. The molecule has 0 fully saturated rings. The Bertz CT molecular complexity index is 366. The van der Waals surface area contributed by atoms with Crippen molar-refractivity contribution in [2.45, 2.75) is 4.90 Å². The van der Waals surface area contributed by atoms with Crippen LogP contribution in [0.15, 0.2) is 29.2 Å². The highest BCUT2D eigenvalue weighted by atomic mass is 32.2. The number of thioether (sulfide) groups is 1. The molecule has 1 aromatic rings. The third kappa shape index (κ3) is 2.77. The van der Waals surface area contributed by atoms with Crippen molar-refractivity contribution in [1.82, 2.24) is 0 Å². The molecule has 0 heterocycles. The van der Waals surface area contributed by atoms with E-state index in [1.807, 2.05) is 0 Å². The van der Waals surface area contributed by atoms with Crippen molar-refractivity contribution in [3.05, 3.63) is 29.8 Å². The lowest BCUT2D eigenvalue weighted by molar-refractivity contribution is -0.115. The van der Waals surface area contributed by atoms with Gasteiger partial charge in [-0.2, -0.15) is 0 Å². The van der Waals surface area contributed by atoms with Gasteiger partial charge in [-0.25, -0.2) is 0 Å². The van der Waals surface area contributed by atoms with Crippen LogP contribution < -0.4 is 11.5 Å². The second-order valence-corrected chi connectivity index (χ2v) is 3.63. The summed E-state index contributed by atoms with van der Waals surface area (Å²) in [5.74, 6) is -0.781. The Hall–Kier alpha value is -1.49. The predicted octanol–water partition coefficient (Wildman–Crippen LogP) is 0.363. The number of carbonyl (C=O) groups is 2. The van der Waals surface area contributed by atoms with Gasteiger partial charge in [-0.15, -0.1) is 11.8 Å². The van der Waals surface area contributed by atoms with E-state index in [-0.39, 0.29) is 5.75 Å². The van der Waals surface area contributed by atoms with Crippen molar-refractivity contribution in [2.75, 3.05) is 5.75 Å². The molecule has 5 heteroatoms. The van der Waals surface area contributed by atoms with Gasteiger partial charge in [0, 0.05) is 4.90 Å². The Morgan fingerprint density at radius 3 is 2.43 bits per heavy atom. The van der Waals surface area contributed by atoms with Crippen LogP contribution in [-0.4, -0.2) is 17.6 Å². The van der Waals surface area contributed by atoms with Crippen LogP contribution in [0.1, 0.15) is 10.4 Å². The Morgan fingerprint density at radius 2 is 1.86 bits per heavy atom. The van der Waals surface area contributed by atoms with Crippen LogP contribution in [0.4, 0.5) is 0 Å². The molecule has 0 spiro atoms. The number of benzene rings is 1. The summed E-state index contributed by atoms with van der Waals surface area (Å²) in [6.07, 6.45) is 0. The zero-order valence-electron chi connectivity index (χ0n) is 7.40. The number of primary amides is 2. The molecule has 0 aliphatic rings. The molecule has 1 aromatic carbocycles. The Balaban J connectivity index is 2.84. The van der Waals surface area contributed by atoms with E-state index in [0.717, 1.165) is 0 Å². The second-order valence-electron chi connectivity index (χ2n) is 2.62. The maximum atomic E-state index is 11.0. The Morgan fingerprint density at radius 1 is 1.21 bits per heavy atom. The quantitative estimate of drug-likeness (QED) is 0.703. The van der Waals surface area contributed by atoms with E-state index in [2.05, 4.69) is 0 Å². The lowest BCUT2D eigenvalue weighted by Gasteiger charge is -2.03. The molecule has 4 N–H and O–H groups in total. The van der Waals surface area contributed by atoms with Gasteiger partial charge in [0.05, 0.1) is 11.3 Å². The van der Waals surface area contributed by atoms with Gasteiger partial charge in [-0.3, -0.25) is 9.59 Å². The summed E-state index contributed by atoms with van der Waals surface area (Å²) in [5.41, 5.74) is 10.6. The number of carbonyl (C=O) groups excluding carboxylic acids is 2. The largest absolute Gasteiger partial charge is 0.369 e. The van der Waals surface area contributed by atoms with Gasteiger partial charge in [0.25, 0.3) is 0 Å². The molecule has 0 bridgehead atoms. The van der Waals surface area contributed by atoms with Crippen LogP contribution in [0, 0.1) is 0 Å². The summed E-state index contributed by atoms with van der Waals surface area (Å²) in [6, 6.07) is 6.84. The molecular weight excluding hydrogens is 200 g/mol. The molecule has 0 aliphatic heterocycles. The third-order valence-electron chi connectivity index (χ3n) is 1.52. The normalized spacial score (nSPS) is 9.71. The SMILES string of the molecule is NC(=O)CSc1ccccc1C(N)=O. The van der Waals surface area contributed by atoms with Gasteiger partial charge in [-0.1, -0.05) is 12.1 Å². The molecular formula is C9H10N2O2S. The predicted molar refractivity (Wildman–Crippen MR) is 54.9 cm³/mol. The lowest BCUT2D eigenvalue weighted by Crippen LogP contribution is -2.15. The van der Waals surface area contributed by atoms with Crippen molar-refractivity contribution >= 4 is 23.6 Å². The minimum absolute atomic E-state index is 0.143. The number of hydrogen-bond donors (Lipinski definition) is 2. The van der Waals surface area contributed by atoms with Gasteiger partial charge in [0.1, 0.15) is 0 Å². The van der Waals surface area contributed by atoms with Gasteiger partial charge in [0.2, 0.25) is 11.8 Å². The van der Waals surface area contributed by atoms with Gasteiger partial charge in [-0.05, 0) is 12.1 Å². The maximum Gasteiger partial charge on any atom is 0.249 e. The van der Waals surface area contributed by atoms with Gasteiger partial charge < -0.3 is 11.5 Å².